The summed E-state index contributed by atoms with van der Waals surface area (Å²) in [5.74, 6) is 0.563. The van der Waals surface area contributed by atoms with Crippen molar-refractivity contribution in [3.8, 4) is 0 Å². The fraction of sp³-hybridized carbons (Fsp3) is 0.533. The van der Waals surface area contributed by atoms with E-state index in [1.54, 1.807) is 4.90 Å². The van der Waals surface area contributed by atoms with Gasteiger partial charge in [-0.1, -0.05) is 26.0 Å². The SMILES string of the molecule is CC(C)C(C)(N)c1ccc2c(c1)CCC(=O)N2C. The Morgan fingerprint density at radius 3 is 2.61 bits per heavy atom. The van der Waals surface area contributed by atoms with Gasteiger partial charge in [0.2, 0.25) is 5.91 Å². The van der Waals surface area contributed by atoms with Gasteiger partial charge >= 0.3 is 0 Å². The van der Waals surface area contributed by atoms with Crippen molar-refractivity contribution in [2.75, 3.05) is 11.9 Å². The van der Waals surface area contributed by atoms with E-state index in [0.717, 1.165) is 17.7 Å². The number of aryl methyl sites for hydroxylation is 1. The van der Waals surface area contributed by atoms with Gasteiger partial charge in [0.15, 0.2) is 0 Å². The first-order valence-electron chi connectivity index (χ1n) is 6.53. The summed E-state index contributed by atoms with van der Waals surface area (Å²) in [6.07, 6.45) is 1.41. The molecule has 0 aliphatic carbocycles. The Balaban J connectivity index is 2.43. The number of anilines is 1. The van der Waals surface area contributed by atoms with Crippen molar-refractivity contribution < 1.29 is 4.79 Å². The van der Waals surface area contributed by atoms with Crippen LogP contribution in [-0.2, 0) is 16.8 Å². The summed E-state index contributed by atoms with van der Waals surface area (Å²) < 4.78 is 0. The number of carbonyl (C=O) groups excluding carboxylic acids is 1. The molecule has 18 heavy (non-hydrogen) atoms. The quantitative estimate of drug-likeness (QED) is 0.871. The predicted molar refractivity (Wildman–Crippen MR) is 74.6 cm³/mol. The molecule has 0 aromatic heterocycles. The molecule has 3 nitrogen and oxygen atoms in total. The maximum Gasteiger partial charge on any atom is 0.227 e. The van der Waals surface area contributed by atoms with Gasteiger partial charge in [-0.3, -0.25) is 4.79 Å². The maximum absolute atomic E-state index is 11.6. The lowest BCUT2D eigenvalue weighted by molar-refractivity contribution is -0.118. The van der Waals surface area contributed by atoms with Crippen LogP contribution in [0, 0.1) is 5.92 Å². The van der Waals surface area contributed by atoms with Crippen LogP contribution in [0.15, 0.2) is 18.2 Å². The van der Waals surface area contributed by atoms with Gasteiger partial charge in [0.1, 0.15) is 0 Å². The molecule has 1 aliphatic rings. The van der Waals surface area contributed by atoms with Crippen molar-refractivity contribution in [1.29, 1.82) is 0 Å². The third-order valence-corrected chi connectivity index (χ3v) is 4.24. The van der Waals surface area contributed by atoms with Crippen molar-refractivity contribution >= 4 is 11.6 Å². The molecule has 0 saturated heterocycles. The molecule has 1 aromatic carbocycles. The second-order valence-corrected chi connectivity index (χ2v) is 5.73. The number of hydrogen-bond donors (Lipinski definition) is 1. The highest BCUT2D eigenvalue weighted by Crippen LogP contribution is 2.33. The number of benzene rings is 1. The van der Waals surface area contributed by atoms with Crippen LogP contribution in [0.4, 0.5) is 5.69 Å². The Kier molecular flexibility index (Phi) is 3.20. The normalized spacial score (nSPS) is 18.8. The molecule has 1 amide bonds. The Bertz CT molecular complexity index is 477. The van der Waals surface area contributed by atoms with Gasteiger partial charge in [-0.2, -0.15) is 0 Å². The predicted octanol–water partition coefficient (Wildman–Crippen LogP) is 2.43. The summed E-state index contributed by atoms with van der Waals surface area (Å²) in [4.78, 5) is 13.4. The molecule has 0 spiro atoms. The van der Waals surface area contributed by atoms with E-state index in [2.05, 4.69) is 26.8 Å². The lowest BCUT2D eigenvalue weighted by Gasteiger charge is -2.32. The molecule has 0 saturated carbocycles. The first-order valence-corrected chi connectivity index (χ1v) is 6.53. The van der Waals surface area contributed by atoms with E-state index in [4.69, 9.17) is 5.73 Å². The van der Waals surface area contributed by atoms with Crippen molar-refractivity contribution in [2.24, 2.45) is 11.7 Å². The van der Waals surface area contributed by atoms with Crippen LogP contribution < -0.4 is 10.6 Å². The second-order valence-electron chi connectivity index (χ2n) is 5.73. The lowest BCUT2D eigenvalue weighted by Crippen LogP contribution is -2.39. The first kappa shape index (κ1) is 13.1. The molecule has 0 radical (unpaired) electrons. The van der Waals surface area contributed by atoms with Crippen LogP contribution in [0.3, 0.4) is 0 Å². The van der Waals surface area contributed by atoms with Gasteiger partial charge < -0.3 is 10.6 Å². The molecule has 1 unspecified atom stereocenters. The topological polar surface area (TPSA) is 46.3 Å². The minimum atomic E-state index is -0.324. The Morgan fingerprint density at radius 1 is 1.33 bits per heavy atom. The molecular formula is C15H22N2O. The highest BCUT2D eigenvalue weighted by molar-refractivity contribution is 5.95. The smallest absolute Gasteiger partial charge is 0.227 e. The van der Waals surface area contributed by atoms with Crippen molar-refractivity contribution in [1.82, 2.24) is 0 Å². The van der Waals surface area contributed by atoms with Crippen molar-refractivity contribution in [3.63, 3.8) is 0 Å². The van der Waals surface area contributed by atoms with Crippen LogP contribution in [0.25, 0.3) is 0 Å². The van der Waals surface area contributed by atoms with Crippen molar-refractivity contribution in [3.05, 3.63) is 29.3 Å². The molecule has 1 atom stereocenters. The van der Waals surface area contributed by atoms with E-state index >= 15 is 0 Å². The van der Waals surface area contributed by atoms with Crippen molar-refractivity contribution in [2.45, 2.75) is 39.2 Å². The van der Waals surface area contributed by atoms with E-state index in [1.807, 2.05) is 19.2 Å². The number of nitrogens with zero attached hydrogens (tertiary/aromatic N) is 1. The van der Waals surface area contributed by atoms with E-state index in [9.17, 15) is 4.79 Å². The van der Waals surface area contributed by atoms with Crippen LogP contribution in [0.2, 0.25) is 0 Å². The fourth-order valence-electron chi connectivity index (χ4n) is 2.33. The standard InChI is InChI=1S/C15H22N2O/c1-10(2)15(3,16)12-6-7-13-11(9-12)5-8-14(18)17(13)4/h6-7,9-10H,5,8,16H2,1-4H3. The lowest BCUT2D eigenvalue weighted by atomic mass is 9.81. The minimum Gasteiger partial charge on any atom is -0.321 e. The molecular weight excluding hydrogens is 224 g/mol. The summed E-state index contributed by atoms with van der Waals surface area (Å²) >= 11 is 0. The van der Waals surface area contributed by atoms with Crippen LogP contribution in [-0.4, -0.2) is 13.0 Å². The van der Waals surface area contributed by atoms with Crippen LogP contribution in [0.5, 0.6) is 0 Å². The summed E-state index contributed by atoms with van der Waals surface area (Å²) in [5.41, 5.74) is 9.47. The Hall–Kier alpha value is -1.35. The largest absolute Gasteiger partial charge is 0.321 e. The molecule has 2 rings (SSSR count). The van der Waals surface area contributed by atoms with E-state index in [0.29, 0.717) is 12.3 Å². The van der Waals surface area contributed by atoms with Crippen LogP contribution in [0.1, 0.15) is 38.3 Å². The number of fused-ring (bicyclic) bond motifs is 1. The second kappa shape index (κ2) is 4.39. The van der Waals surface area contributed by atoms with E-state index in [-0.39, 0.29) is 11.4 Å². The maximum atomic E-state index is 11.6. The highest BCUT2D eigenvalue weighted by Gasteiger charge is 2.28. The molecule has 0 bridgehead atoms. The molecule has 1 aromatic rings. The summed E-state index contributed by atoms with van der Waals surface area (Å²) in [7, 11) is 1.84. The number of amides is 1. The summed E-state index contributed by atoms with van der Waals surface area (Å²) in [5, 5.41) is 0. The molecule has 3 heteroatoms. The molecule has 1 aliphatic heterocycles. The highest BCUT2D eigenvalue weighted by atomic mass is 16.2. The molecule has 0 fully saturated rings. The zero-order chi connectivity index (χ0) is 13.5. The van der Waals surface area contributed by atoms with Gasteiger partial charge in [0.25, 0.3) is 0 Å². The van der Waals surface area contributed by atoms with Gasteiger partial charge in [0, 0.05) is 24.7 Å². The fourth-order valence-corrected chi connectivity index (χ4v) is 2.33. The van der Waals surface area contributed by atoms with E-state index < -0.39 is 0 Å². The van der Waals surface area contributed by atoms with Gasteiger partial charge in [-0.15, -0.1) is 0 Å². The van der Waals surface area contributed by atoms with Gasteiger partial charge in [0.05, 0.1) is 0 Å². The van der Waals surface area contributed by atoms with E-state index in [1.165, 1.54) is 5.56 Å². The van der Waals surface area contributed by atoms with Crippen LogP contribution >= 0.6 is 0 Å². The average Bonchev–Trinajstić information content (AvgIpc) is 2.33. The molecule has 98 valence electrons. The average molecular weight is 246 g/mol. The number of hydrogen-bond acceptors (Lipinski definition) is 2. The number of nitrogens with two attached hydrogens (primary N) is 1. The third-order valence-electron chi connectivity index (χ3n) is 4.24. The summed E-state index contributed by atoms with van der Waals surface area (Å²) in [6, 6.07) is 6.24. The molecule has 1 heterocycles. The summed E-state index contributed by atoms with van der Waals surface area (Å²) in [6.45, 7) is 6.33. The number of rotatable bonds is 2. The Labute approximate surface area is 109 Å². The monoisotopic (exact) mass is 246 g/mol. The van der Waals surface area contributed by atoms with Gasteiger partial charge in [-0.25, -0.2) is 0 Å². The minimum absolute atomic E-state index is 0.189. The third kappa shape index (κ3) is 2.03. The Morgan fingerprint density at radius 2 is 2.00 bits per heavy atom. The molecule has 2 N–H and O–H groups in total. The zero-order valence-corrected chi connectivity index (χ0v) is 11.7. The zero-order valence-electron chi connectivity index (χ0n) is 11.7. The van der Waals surface area contributed by atoms with Gasteiger partial charge in [-0.05, 0) is 36.5 Å². The first-order chi connectivity index (χ1) is 8.34. The number of carbonyl (C=O) groups is 1.